The van der Waals surface area contributed by atoms with E-state index in [0.29, 0.717) is 11.4 Å². The Hall–Kier alpha value is -1.62. The summed E-state index contributed by atoms with van der Waals surface area (Å²) in [4.78, 5) is 0. The van der Waals surface area contributed by atoms with Crippen LogP contribution in [0.2, 0.25) is 0 Å². The molecule has 0 saturated heterocycles. The smallest absolute Gasteiger partial charge is 0.151 e. The van der Waals surface area contributed by atoms with Gasteiger partial charge in [0.05, 0.1) is 0 Å². The number of aryl methyl sites for hydroxylation is 2. The van der Waals surface area contributed by atoms with Crippen LogP contribution in [-0.2, 0) is 13.1 Å². The molecule has 0 atom stereocenters. The van der Waals surface area contributed by atoms with Crippen LogP contribution >= 0.6 is 12.4 Å². The summed E-state index contributed by atoms with van der Waals surface area (Å²) in [5.41, 5.74) is 1.27. The second-order valence-corrected chi connectivity index (χ2v) is 4.11. The molecule has 1 aromatic carbocycles. The van der Waals surface area contributed by atoms with E-state index in [2.05, 4.69) is 10.4 Å². The zero-order valence-corrected chi connectivity index (χ0v) is 11.6. The van der Waals surface area contributed by atoms with Crippen LogP contribution in [0.4, 0.5) is 14.6 Å². The molecule has 0 amide bonds. The molecule has 0 saturated carbocycles. The highest BCUT2D eigenvalue weighted by Crippen LogP contribution is 2.15. The molecule has 0 radical (unpaired) electrons. The number of hydrogen-bond acceptors (Lipinski definition) is 2. The van der Waals surface area contributed by atoms with Crippen molar-refractivity contribution in [3.05, 3.63) is 47.2 Å². The first-order valence-corrected chi connectivity index (χ1v) is 5.82. The Balaban J connectivity index is 0.00000180. The SMILES string of the molecule is CCn1cc(C)c(NCc2cc(F)ccc2F)n1.Cl. The molecular weight excluding hydrogens is 272 g/mol. The van der Waals surface area contributed by atoms with Gasteiger partial charge in [0.2, 0.25) is 0 Å². The molecule has 1 N–H and O–H groups in total. The van der Waals surface area contributed by atoms with Gasteiger partial charge in [-0.3, -0.25) is 4.68 Å². The quantitative estimate of drug-likeness (QED) is 0.932. The van der Waals surface area contributed by atoms with Crippen molar-refractivity contribution >= 4 is 18.2 Å². The van der Waals surface area contributed by atoms with Gasteiger partial charge in [-0.05, 0) is 32.0 Å². The maximum absolute atomic E-state index is 13.4. The lowest BCUT2D eigenvalue weighted by Crippen LogP contribution is -2.04. The fourth-order valence-electron chi connectivity index (χ4n) is 1.72. The Morgan fingerprint density at radius 2 is 2.05 bits per heavy atom. The number of hydrogen-bond donors (Lipinski definition) is 1. The molecule has 0 aliphatic heterocycles. The van der Waals surface area contributed by atoms with Gasteiger partial charge < -0.3 is 5.32 Å². The van der Waals surface area contributed by atoms with Gasteiger partial charge in [-0.15, -0.1) is 12.4 Å². The standard InChI is InChI=1S/C13H15F2N3.ClH/c1-3-18-8-9(2)13(17-18)16-7-10-6-11(14)4-5-12(10)15;/h4-6,8H,3,7H2,1-2H3,(H,16,17);1H. The van der Waals surface area contributed by atoms with Crippen LogP contribution in [0.15, 0.2) is 24.4 Å². The number of rotatable bonds is 4. The number of aromatic nitrogens is 2. The Bertz CT molecular complexity index is 555. The molecule has 0 bridgehead atoms. The van der Waals surface area contributed by atoms with Crippen LogP contribution in [0.3, 0.4) is 0 Å². The summed E-state index contributed by atoms with van der Waals surface area (Å²) >= 11 is 0. The van der Waals surface area contributed by atoms with Crippen LogP contribution in [0.1, 0.15) is 18.1 Å². The highest BCUT2D eigenvalue weighted by molar-refractivity contribution is 5.85. The second-order valence-electron chi connectivity index (χ2n) is 4.11. The lowest BCUT2D eigenvalue weighted by atomic mass is 10.2. The molecule has 0 fully saturated rings. The van der Waals surface area contributed by atoms with Gasteiger partial charge >= 0.3 is 0 Å². The minimum absolute atomic E-state index is 0. The normalized spacial score (nSPS) is 10.1. The summed E-state index contributed by atoms with van der Waals surface area (Å²) in [6.45, 7) is 4.90. The van der Waals surface area contributed by atoms with Crippen molar-refractivity contribution in [1.29, 1.82) is 0 Å². The number of nitrogens with one attached hydrogen (secondary N) is 1. The van der Waals surface area contributed by atoms with Crippen LogP contribution in [-0.4, -0.2) is 9.78 Å². The third-order valence-corrected chi connectivity index (χ3v) is 2.72. The molecule has 3 nitrogen and oxygen atoms in total. The molecule has 2 aromatic rings. The van der Waals surface area contributed by atoms with Crippen molar-refractivity contribution in [3.63, 3.8) is 0 Å². The molecule has 0 aliphatic rings. The van der Waals surface area contributed by atoms with E-state index in [-0.39, 0.29) is 19.0 Å². The minimum atomic E-state index is -0.441. The summed E-state index contributed by atoms with van der Waals surface area (Å²) in [5.74, 6) is -0.166. The van der Waals surface area contributed by atoms with E-state index in [1.54, 1.807) is 4.68 Å². The zero-order valence-electron chi connectivity index (χ0n) is 10.8. The van der Waals surface area contributed by atoms with Gasteiger partial charge in [0.1, 0.15) is 11.6 Å². The van der Waals surface area contributed by atoms with Gasteiger partial charge in [0.15, 0.2) is 5.82 Å². The maximum Gasteiger partial charge on any atom is 0.151 e. The van der Waals surface area contributed by atoms with Crippen molar-refractivity contribution in [2.45, 2.75) is 26.9 Å². The Kier molecular flexibility index (Phi) is 5.30. The van der Waals surface area contributed by atoms with Crippen molar-refractivity contribution in [1.82, 2.24) is 9.78 Å². The molecule has 6 heteroatoms. The predicted octanol–water partition coefficient (Wildman–Crippen LogP) is 3.52. The number of anilines is 1. The summed E-state index contributed by atoms with van der Waals surface area (Å²) in [7, 11) is 0. The summed E-state index contributed by atoms with van der Waals surface area (Å²) in [6, 6.07) is 3.42. The first-order valence-electron chi connectivity index (χ1n) is 5.82. The first kappa shape index (κ1) is 15.4. The largest absolute Gasteiger partial charge is 0.364 e. The molecule has 19 heavy (non-hydrogen) atoms. The van der Waals surface area contributed by atoms with E-state index in [1.165, 1.54) is 6.07 Å². The molecule has 0 spiro atoms. The molecule has 104 valence electrons. The molecule has 1 heterocycles. The topological polar surface area (TPSA) is 29.9 Å². The minimum Gasteiger partial charge on any atom is -0.364 e. The third-order valence-electron chi connectivity index (χ3n) is 2.72. The van der Waals surface area contributed by atoms with E-state index < -0.39 is 11.6 Å². The Morgan fingerprint density at radius 1 is 1.32 bits per heavy atom. The van der Waals surface area contributed by atoms with Crippen molar-refractivity contribution in [2.75, 3.05) is 5.32 Å². The molecule has 2 rings (SSSR count). The van der Waals surface area contributed by atoms with E-state index in [1.807, 2.05) is 20.0 Å². The van der Waals surface area contributed by atoms with Crippen LogP contribution < -0.4 is 5.32 Å². The van der Waals surface area contributed by atoms with E-state index in [9.17, 15) is 8.78 Å². The molecule has 0 unspecified atom stereocenters. The van der Waals surface area contributed by atoms with Gasteiger partial charge in [-0.2, -0.15) is 5.10 Å². The highest BCUT2D eigenvalue weighted by atomic mass is 35.5. The summed E-state index contributed by atoms with van der Waals surface area (Å²) in [5, 5.41) is 7.30. The van der Waals surface area contributed by atoms with Gasteiger partial charge in [0.25, 0.3) is 0 Å². The number of nitrogens with zero attached hydrogens (tertiary/aromatic N) is 2. The number of benzene rings is 1. The molecular formula is C13H16ClF2N3. The van der Waals surface area contributed by atoms with Crippen molar-refractivity contribution in [2.24, 2.45) is 0 Å². The second kappa shape index (κ2) is 6.52. The zero-order chi connectivity index (χ0) is 13.1. The van der Waals surface area contributed by atoms with Gasteiger partial charge in [-0.1, -0.05) is 0 Å². The predicted molar refractivity (Wildman–Crippen MR) is 73.6 cm³/mol. The lowest BCUT2D eigenvalue weighted by Gasteiger charge is -2.05. The number of halogens is 3. The van der Waals surface area contributed by atoms with Crippen molar-refractivity contribution in [3.8, 4) is 0 Å². The summed E-state index contributed by atoms with van der Waals surface area (Å²) < 4.78 is 28.2. The van der Waals surface area contributed by atoms with Gasteiger partial charge in [0, 0.05) is 30.4 Å². The first-order chi connectivity index (χ1) is 8.60. The Labute approximate surface area is 117 Å². The van der Waals surface area contributed by atoms with Crippen molar-refractivity contribution < 1.29 is 8.78 Å². The van der Waals surface area contributed by atoms with E-state index >= 15 is 0 Å². The Morgan fingerprint density at radius 3 is 2.68 bits per heavy atom. The van der Waals surface area contributed by atoms with Gasteiger partial charge in [-0.25, -0.2) is 8.78 Å². The van der Waals surface area contributed by atoms with Crippen LogP contribution in [0, 0.1) is 18.6 Å². The summed E-state index contributed by atoms with van der Waals surface area (Å²) in [6.07, 6.45) is 1.91. The van der Waals surface area contributed by atoms with Crippen LogP contribution in [0.25, 0.3) is 0 Å². The monoisotopic (exact) mass is 287 g/mol. The lowest BCUT2D eigenvalue weighted by molar-refractivity contribution is 0.587. The van der Waals surface area contributed by atoms with E-state index in [4.69, 9.17) is 0 Å². The fraction of sp³-hybridized carbons (Fsp3) is 0.308. The molecule has 0 aliphatic carbocycles. The highest BCUT2D eigenvalue weighted by Gasteiger charge is 2.07. The van der Waals surface area contributed by atoms with E-state index in [0.717, 1.165) is 24.2 Å². The average molecular weight is 288 g/mol. The average Bonchev–Trinajstić information content (AvgIpc) is 2.71. The van der Waals surface area contributed by atoms with Crippen LogP contribution in [0.5, 0.6) is 0 Å². The fourth-order valence-corrected chi connectivity index (χ4v) is 1.72. The maximum atomic E-state index is 13.4. The third kappa shape index (κ3) is 3.67. The molecule has 1 aromatic heterocycles.